The number of para-hydroxylation sites is 1. The van der Waals surface area contributed by atoms with Crippen LogP contribution in [0.1, 0.15) is 52.7 Å². The molecule has 266 valence electrons. The van der Waals surface area contributed by atoms with Crippen molar-refractivity contribution in [3.63, 3.8) is 0 Å². The Morgan fingerprint density at radius 2 is 0.855 bits per heavy atom. The summed E-state index contributed by atoms with van der Waals surface area (Å²) in [5.41, 5.74) is 13.1. The highest BCUT2D eigenvalue weighted by Crippen LogP contribution is 2.46. The van der Waals surface area contributed by atoms with Crippen LogP contribution >= 0.6 is 0 Å². The van der Waals surface area contributed by atoms with Crippen molar-refractivity contribution in [2.45, 2.75) is 52.4 Å². The van der Waals surface area contributed by atoms with Crippen LogP contribution in [0.3, 0.4) is 0 Å². The van der Waals surface area contributed by atoms with Crippen molar-refractivity contribution in [1.29, 1.82) is 0 Å². The number of hydrogen-bond acceptors (Lipinski definition) is 2. The number of hydrogen-bond donors (Lipinski definition) is 0. The average Bonchev–Trinajstić information content (AvgIpc) is 3.18. The Morgan fingerprint density at radius 1 is 0.364 bits per heavy atom. The second-order valence-electron chi connectivity index (χ2n) is 17.3. The van der Waals surface area contributed by atoms with Crippen molar-refractivity contribution in [1.82, 2.24) is 0 Å². The van der Waals surface area contributed by atoms with Gasteiger partial charge in [0.15, 0.2) is 0 Å². The lowest BCUT2D eigenvalue weighted by atomic mass is 9.34. The van der Waals surface area contributed by atoms with Gasteiger partial charge in [0.05, 0.1) is 0 Å². The minimum atomic E-state index is -0.0937. The van der Waals surface area contributed by atoms with E-state index in [1.165, 1.54) is 65.9 Å². The van der Waals surface area contributed by atoms with Crippen molar-refractivity contribution in [2.24, 2.45) is 0 Å². The van der Waals surface area contributed by atoms with Crippen molar-refractivity contribution < 1.29 is 9.47 Å². The Labute approximate surface area is 324 Å². The third-order valence-corrected chi connectivity index (χ3v) is 11.7. The second-order valence-corrected chi connectivity index (χ2v) is 17.3. The van der Waals surface area contributed by atoms with Crippen LogP contribution in [0.15, 0.2) is 152 Å². The first-order valence-corrected chi connectivity index (χ1v) is 19.5. The summed E-state index contributed by atoms with van der Waals surface area (Å²) >= 11 is 0. The van der Waals surface area contributed by atoms with Gasteiger partial charge in [0.1, 0.15) is 23.0 Å². The summed E-state index contributed by atoms with van der Waals surface area (Å²) < 4.78 is 13.7. The van der Waals surface area contributed by atoms with Crippen LogP contribution in [0.25, 0.3) is 54.9 Å². The molecule has 8 aromatic carbocycles. The van der Waals surface area contributed by atoms with Gasteiger partial charge >= 0.3 is 0 Å². The predicted molar refractivity (Wildman–Crippen MR) is 233 cm³/mol. The quantitative estimate of drug-likeness (QED) is 0.134. The Bertz CT molecular complexity index is 2760. The smallest absolute Gasteiger partial charge is 0.260 e. The van der Waals surface area contributed by atoms with E-state index in [9.17, 15) is 0 Å². The fourth-order valence-electron chi connectivity index (χ4n) is 8.81. The highest BCUT2D eigenvalue weighted by molar-refractivity contribution is 6.98. The van der Waals surface area contributed by atoms with E-state index in [-0.39, 0.29) is 17.5 Å². The molecule has 0 unspecified atom stereocenters. The van der Waals surface area contributed by atoms with Crippen LogP contribution in [0, 0.1) is 0 Å². The molecule has 0 N–H and O–H groups in total. The lowest BCUT2D eigenvalue weighted by Crippen LogP contribution is -2.57. The lowest BCUT2D eigenvalue weighted by molar-refractivity contribution is 0.464. The molecule has 2 aliphatic heterocycles. The molecule has 2 nitrogen and oxygen atoms in total. The molecule has 0 atom stereocenters. The normalized spacial score (nSPS) is 13.2. The number of rotatable bonds is 3. The third-order valence-electron chi connectivity index (χ3n) is 11.7. The van der Waals surface area contributed by atoms with E-state index in [1.807, 2.05) is 0 Å². The minimum Gasteiger partial charge on any atom is -0.458 e. The van der Waals surface area contributed by atoms with Crippen LogP contribution in [-0.4, -0.2) is 6.71 Å². The van der Waals surface area contributed by atoms with E-state index in [4.69, 9.17) is 9.47 Å². The van der Waals surface area contributed by atoms with Gasteiger partial charge in [0.2, 0.25) is 0 Å². The van der Waals surface area contributed by atoms with E-state index in [0.717, 1.165) is 39.6 Å². The first-order valence-electron chi connectivity index (χ1n) is 19.5. The zero-order valence-electron chi connectivity index (χ0n) is 32.3. The monoisotopic (exact) mass is 710 g/mol. The highest BCUT2D eigenvalue weighted by Gasteiger charge is 2.41. The third kappa shape index (κ3) is 5.48. The van der Waals surface area contributed by atoms with Crippen LogP contribution in [0.2, 0.25) is 0 Å². The van der Waals surface area contributed by atoms with Crippen LogP contribution in [0.4, 0.5) is 0 Å². The van der Waals surface area contributed by atoms with Crippen LogP contribution < -0.4 is 25.9 Å². The molecule has 0 fully saturated rings. The molecule has 0 amide bonds. The SMILES string of the molecule is CC(C)(C)c1cc(-c2cc3c4c(c2)Oc2ccc(C(C)(C)C)cc2B4c2ccccc2O3)cc(-c2c3ccccc3c(-c3ccccc3)c3ccccc23)c1. The summed E-state index contributed by atoms with van der Waals surface area (Å²) in [6.07, 6.45) is 0. The molecular weight excluding hydrogens is 667 g/mol. The van der Waals surface area contributed by atoms with Crippen LogP contribution in [0.5, 0.6) is 23.0 Å². The molecule has 3 heteroatoms. The topological polar surface area (TPSA) is 18.5 Å². The maximum atomic E-state index is 6.87. The maximum absolute atomic E-state index is 6.87. The molecule has 8 aromatic rings. The van der Waals surface area contributed by atoms with Crippen molar-refractivity contribution >= 4 is 44.6 Å². The molecule has 2 heterocycles. The van der Waals surface area contributed by atoms with E-state index in [2.05, 4.69) is 193 Å². The molecule has 10 rings (SSSR count). The van der Waals surface area contributed by atoms with E-state index in [1.54, 1.807) is 0 Å². The molecule has 0 spiro atoms. The molecule has 0 saturated carbocycles. The van der Waals surface area contributed by atoms with Crippen molar-refractivity contribution in [2.75, 3.05) is 0 Å². The fourth-order valence-corrected chi connectivity index (χ4v) is 8.81. The summed E-state index contributed by atoms with van der Waals surface area (Å²) in [7, 11) is 0. The Hall–Kier alpha value is -6.06. The Morgan fingerprint density at radius 3 is 1.45 bits per heavy atom. The van der Waals surface area contributed by atoms with Gasteiger partial charge in [-0.3, -0.25) is 0 Å². The predicted octanol–water partition coefficient (Wildman–Crippen LogP) is 12.3. The minimum absolute atomic E-state index is 0.0149. The maximum Gasteiger partial charge on any atom is 0.260 e. The van der Waals surface area contributed by atoms with E-state index in [0.29, 0.717) is 0 Å². The van der Waals surface area contributed by atoms with Gasteiger partial charge < -0.3 is 9.47 Å². The summed E-state index contributed by atoms with van der Waals surface area (Å²) in [5, 5.41) is 5.00. The van der Waals surface area contributed by atoms with Crippen molar-refractivity contribution in [3.05, 3.63) is 163 Å². The first kappa shape index (κ1) is 33.5. The number of benzene rings is 8. The molecule has 0 aliphatic carbocycles. The number of ether oxygens (including phenoxy) is 2. The average molecular weight is 711 g/mol. The number of fused-ring (bicyclic) bond motifs is 6. The standard InChI is InChI=1S/C52H43BO2/c1-51(2,3)36-24-25-45-43(31-36)53-42-22-14-15-23-44(42)54-46-29-34(30-47(55-45)50(46)53)33-26-35(28-37(27-33)52(4,5)6)49-40-20-12-10-18-38(40)48(32-16-8-7-9-17-32)39-19-11-13-21-41(39)49/h7-31H,1-6H3. The molecular formula is C52H43BO2. The molecule has 0 bridgehead atoms. The second kappa shape index (κ2) is 12.2. The lowest BCUT2D eigenvalue weighted by Gasteiger charge is -2.34. The fraction of sp³-hybridized carbons (Fsp3) is 0.154. The molecule has 0 aromatic heterocycles. The molecule has 2 aliphatic rings. The highest BCUT2D eigenvalue weighted by atomic mass is 16.5. The summed E-state index contributed by atoms with van der Waals surface area (Å²) in [5.74, 6) is 3.52. The Balaban J connectivity index is 1.21. The zero-order valence-corrected chi connectivity index (χ0v) is 32.3. The van der Waals surface area contributed by atoms with E-state index >= 15 is 0 Å². The van der Waals surface area contributed by atoms with Gasteiger partial charge in [0.25, 0.3) is 6.71 Å². The summed E-state index contributed by atoms with van der Waals surface area (Å²) in [4.78, 5) is 0. The van der Waals surface area contributed by atoms with Crippen LogP contribution in [-0.2, 0) is 10.8 Å². The van der Waals surface area contributed by atoms with Gasteiger partial charge in [-0.25, -0.2) is 0 Å². The van der Waals surface area contributed by atoms with Gasteiger partial charge in [-0.15, -0.1) is 0 Å². The first-order chi connectivity index (χ1) is 26.5. The summed E-state index contributed by atoms with van der Waals surface area (Å²) in [6.45, 7) is 13.7. The van der Waals surface area contributed by atoms with Gasteiger partial charge in [-0.05, 0) is 118 Å². The van der Waals surface area contributed by atoms with Gasteiger partial charge in [-0.1, -0.05) is 163 Å². The molecule has 55 heavy (non-hydrogen) atoms. The zero-order chi connectivity index (χ0) is 37.6. The largest absolute Gasteiger partial charge is 0.458 e. The molecule has 0 radical (unpaired) electrons. The van der Waals surface area contributed by atoms with E-state index < -0.39 is 0 Å². The van der Waals surface area contributed by atoms with Gasteiger partial charge in [-0.2, -0.15) is 0 Å². The summed E-state index contributed by atoms with van der Waals surface area (Å²) in [6, 6.07) is 55.5. The van der Waals surface area contributed by atoms with Crippen molar-refractivity contribution in [3.8, 4) is 56.4 Å². The molecule has 0 saturated heterocycles. The Kier molecular flexibility index (Phi) is 7.45. The van der Waals surface area contributed by atoms with Gasteiger partial charge in [0, 0.05) is 5.46 Å².